The van der Waals surface area contributed by atoms with E-state index < -0.39 is 0 Å². The molecule has 1 N–H and O–H groups in total. The minimum atomic E-state index is -0.177. The second-order valence-electron chi connectivity index (χ2n) is 5.89. The molecule has 0 aromatic carbocycles. The van der Waals surface area contributed by atoms with Crippen LogP contribution in [0.3, 0.4) is 0 Å². The van der Waals surface area contributed by atoms with Crippen molar-refractivity contribution in [2.24, 2.45) is 5.41 Å². The van der Waals surface area contributed by atoms with Crippen molar-refractivity contribution < 1.29 is 4.79 Å². The first kappa shape index (κ1) is 15.9. The first-order valence-electron chi connectivity index (χ1n) is 6.26. The van der Waals surface area contributed by atoms with Crippen LogP contribution in [-0.2, 0) is 0 Å². The molecule has 0 aliphatic rings. The first-order chi connectivity index (χ1) is 8.71. The monoisotopic (exact) mass is 283 g/mol. The minimum absolute atomic E-state index is 0.00373. The molecule has 0 fully saturated rings. The molecule has 1 amide bonds. The number of halogens is 1. The Morgan fingerprint density at radius 2 is 2.11 bits per heavy atom. The van der Waals surface area contributed by atoms with Crippen molar-refractivity contribution in [2.75, 3.05) is 27.2 Å². The fourth-order valence-electron chi connectivity index (χ4n) is 2.02. The molecule has 0 aliphatic carbocycles. The van der Waals surface area contributed by atoms with Crippen molar-refractivity contribution in [3.63, 3.8) is 0 Å². The van der Waals surface area contributed by atoms with Crippen LogP contribution in [0.25, 0.3) is 0 Å². The van der Waals surface area contributed by atoms with E-state index in [0.29, 0.717) is 17.1 Å². The summed E-state index contributed by atoms with van der Waals surface area (Å²) in [4.78, 5) is 18.3. The van der Waals surface area contributed by atoms with Gasteiger partial charge in [0, 0.05) is 25.0 Å². The van der Waals surface area contributed by atoms with Gasteiger partial charge in [-0.25, -0.2) is 0 Å². The number of nitrogens with one attached hydrogen (secondary N) is 1. The largest absolute Gasteiger partial charge is 0.351 e. The summed E-state index contributed by atoms with van der Waals surface area (Å²) in [6.45, 7) is 7.56. The molecule has 1 rings (SSSR count). The second kappa shape index (κ2) is 6.35. The van der Waals surface area contributed by atoms with Gasteiger partial charge < -0.3 is 10.2 Å². The van der Waals surface area contributed by atoms with Crippen LogP contribution in [0.1, 0.15) is 29.9 Å². The molecule has 0 saturated heterocycles. The molecule has 1 aromatic heterocycles. The molecule has 106 valence electrons. The van der Waals surface area contributed by atoms with Gasteiger partial charge in [0.25, 0.3) is 5.91 Å². The van der Waals surface area contributed by atoms with Gasteiger partial charge in [0.15, 0.2) is 0 Å². The molecule has 4 nitrogen and oxygen atoms in total. The smallest absolute Gasteiger partial charge is 0.254 e. The minimum Gasteiger partial charge on any atom is -0.351 e. The highest BCUT2D eigenvalue weighted by Gasteiger charge is 2.21. The van der Waals surface area contributed by atoms with Crippen molar-refractivity contribution in [3.05, 3.63) is 28.5 Å². The summed E-state index contributed by atoms with van der Waals surface area (Å²) in [5, 5.41) is 3.36. The van der Waals surface area contributed by atoms with Gasteiger partial charge in [-0.05, 0) is 32.5 Å². The number of aromatic nitrogens is 1. The van der Waals surface area contributed by atoms with Gasteiger partial charge in [0.1, 0.15) is 0 Å². The Balaban J connectivity index is 2.65. The predicted molar refractivity (Wildman–Crippen MR) is 78.7 cm³/mol. The van der Waals surface area contributed by atoms with Crippen LogP contribution in [0.5, 0.6) is 0 Å². The molecule has 1 aromatic rings. The number of hydrogen-bond donors (Lipinski definition) is 1. The Labute approximate surface area is 120 Å². The van der Waals surface area contributed by atoms with E-state index in [-0.39, 0.29) is 11.3 Å². The summed E-state index contributed by atoms with van der Waals surface area (Å²) in [5.74, 6) is -0.177. The van der Waals surface area contributed by atoms with E-state index in [2.05, 4.69) is 29.0 Å². The number of carbonyl (C=O) groups excluding carboxylic acids is 1. The number of nitrogens with zero attached hydrogens (tertiary/aromatic N) is 2. The molecule has 0 spiro atoms. The third-order valence-corrected chi connectivity index (χ3v) is 3.02. The zero-order valence-corrected chi connectivity index (χ0v) is 13.0. The van der Waals surface area contributed by atoms with Crippen LogP contribution in [0.2, 0.25) is 5.02 Å². The molecule has 5 heteroatoms. The molecule has 1 heterocycles. The summed E-state index contributed by atoms with van der Waals surface area (Å²) in [6, 6.07) is 1.70. The van der Waals surface area contributed by atoms with E-state index in [1.54, 1.807) is 6.07 Å². The number of hydrogen-bond acceptors (Lipinski definition) is 3. The number of amides is 1. The van der Waals surface area contributed by atoms with Crippen LogP contribution in [0.15, 0.2) is 12.3 Å². The molecule has 0 bridgehead atoms. The Bertz CT molecular complexity index is 458. The van der Waals surface area contributed by atoms with Crippen LogP contribution >= 0.6 is 11.6 Å². The number of carbonyl (C=O) groups is 1. The topological polar surface area (TPSA) is 45.2 Å². The molecule has 0 radical (unpaired) electrons. The van der Waals surface area contributed by atoms with Crippen LogP contribution in [-0.4, -0.2) is 43.0 Å². The molecule has 0 atom stereocenters. The van der Waals surface area contributed by atoms with Gasteiger partial charge in [-0.2, -0.15) is 0 Å². The molecule has 0 aliphatic heterocycles. The Kier molecular flexibility index (Phi) is 5.32. The van der Waals surface area contributed by atoms with Crippen LogP contribution < -0.4 is 5.32 Å². The molecule has 0 saturated carbocycles. The maximum atomic E-state index is 12.1. The summed E-state index contributed by atoms with van der Waals surface area (Å²) in [6.07, 6.45) is 1.52. The third-order valence-electron chi connectivity index (χ3n) is 2.71. The summed E-state index contributed by atoms with van der Waals surface area (Å²) in [5.41, 5.74) is 1.23. The van der Waals surface area contributed by atoms with E-state index in [1.165, 1.54) is 6.20 Å². The lowest BCUT2D eigenvalue weighted by Gasteiger charge is -2.28. The average Bonchev–Trinajstić information content (AvgIpc) is 2.24. The summed E-state index contributed by atoms with van der Waals surface area (Å²) < 4.78 is 0. The quantitative estimate of drug-likeness (QED) is 0.902. The summed E-state index contributed by atoms with van der Waals surface area (Å²) in [7, 11) is 4.04. The van der Waals surface area contributed by atoms with Crippen molar-refractivity contribution in [1.82, 2.24) is 15.2 Å². The zero-order chi connectivity index (χ0) is 14.6. The SMILES string of the molecule is Cc1cc(Cl)c(C(=O)NCC(C)(C)CN(C)C)cn1. The maximum Gasteiger partial charge on any atom is 0.254 e. The summed E-state index contributed by atoms with van der Waals surface area (Å²) >= 11 is 6.05. The molecule has 0 unspecified atom stereocenters. The molecular weight excluding hydrogens is 262 g/mol. The van der Waals surface area contributed by atoms with E-state index in [4.69, 9.17) is 11.6 Å². The van der Waals surface area contributed by atoms with Crippen molar-refractivity contribution in [1.29, 1.82) is 0 Å². The van der Waals surface area contributed by atoms with Crippen LogP contribution in [0, 0.1) is 12.3 Å². The lowest BCUT2D eigenvalue weighted by molar-refractivity contribution is 0.0929. The number of rotatable bonds is 5. The van der Waals surface area contributed by atoms with Crippen LogP contribution in [0.4, 0.5) is 0 Å². The zero-order valence-electron chi connectivity index (χ0n) is 12.2. The molecule has 19 heavy (non-hydrogen) atoms. The maximum absolute atomic E-state index is 12.1. The van der Waals surface area contributed by atoms with Crippen molar-refractivity contribution >= 4 is 17.5 Å². The second-order valence-corrected chi connectivity index (χ2v) is 6.30. The fourth-order valence-corrected chi connectivity index (χ4v) is 2.31. The fraction of sp³-hybridized carbons (Fsp3) is 0.571. The predicted octanol–water partition coefficient (Wildman–Crippen LogP) is 2.36. The highest BCUT2D eigenvalue weighted by molar-refractivity contribution is 6.33. The standard InChI is InChI=1S/C14H22ClN3O/c1-10-6-12(15)11(7-16-10)13(19)17-8-14(2,3)9-18(4)5/h6-7H,8-9H2,1-5H3,(H,17,19). The van der Waals surface area contributed by atoms with Gasteiger partial charge in [-0.3, -0.25) is 9.78 Å². The Morgan fingerprint density at radius 3 is 2.63 bits per heavy atom. The lowest BCUT2D eigenvalue weighted by Crippen LogP contribution is -2.40. The van der Waals surface area contributed by atoms with Gasteiger partial charge >= 0.3 is 0 Å². The molecular formula is C14H22ClN3O. The Hall–Kier alpha value is -1.13. The highest BCUT2D eigenvalue weighted by Crippen LogP contribution is 2.17. The van der Waals surface area contributed by atoms with E-state index in [0.717, 1.165) is 12.2 Å². The van der Waals surface area contributed by atoms with Gasteiger partial charge in [0.2, 0.25) is 0 Å². The van der Waals surface area contributed by atoms with Crippen molar-refractivity contribution in [2.45, 2.75) is 20.8 Å². The van der Waals surface area contributed by atoms with Gasteiger partial charge in [-0.15, -0.1) is 0 Å². The number of aryl methyl sites for hydroxylation is 1. The average molecular weight is 284 g/mol. The van der Waals surface area contributed by atoms with E-state index in [9.17, 15) is 4.79 Å². The van der Waals surface area contributed by atoms with Gasteiger partial charge in [0.05, 0.1) is 10.6 Å². The third kappa shape index (κ3) is 5.17. The van der Waals surface area contributed by atoms with E-state index >= 15 is 0 Å². The number of pyridine rings is 1. The first-order valence-corrected chi connectivity index (χ1v) is 6.64. The normalized spacial score (nSPS) is 11.7. The van der Waals surface area contributed by atoms with Crippen molar-refractivity contribution in [3.8, 4) is 0 Å². The highest BCUT2D eigenvalue weighted by atomic mass is 35.5. The Morgan fingerprint density at radius 1 is 1.47 bits per heavy atom. The van der Waals surface area contributed by atoms with E-state index in [1.807, 2.05) is 21.0 Å². The lowest BCUT2D eigenvalue weighted by atomic mass is 9.93. The van der Waals surface area contributed by atoms with Gasteiger partial charge in [-0.1, -0.05) is 25.4 Å².